The molecule has 0 aliphatic carbocycles. The lowest BCUT2D eigenvalue weighted by Gasteiger charge is -2.13. The Morgan fingerprint density at radius 1 is 0.865 bits per heavy atom. The van der Waals surface area contributed by atoms with E-state index in [1.54, 1.807) is 42.5 Å². The number of alkyl halides is 6. The van der Waals surface area contributed by atoms with Crippen molar-refractivity contribution in [2.24, 2.45) is 0 Å². The number of benzene rings is 3. The van der Waals surface area contributed by atoms with E-state index in [1.165, 1.54) is 0 Å². The van der Waals surface area contributed by atoms with Crippen molar-refractivity contribution in [3.8, 4) is 22.5 Å². The third-order valence-electron chi connectivity index (χ3n) is 5.09. The van der Waals surface area contributed by atoms with Gasteiger partial charge in [-0.15, -0.1) is 5.10 Å². The van der Waals surface area contributed by atoms with Crippen molar-refractivity contribution in [2.75, 3.05) is 5.32 Å². The third-order valence-corrected chi connectivity index (χ3v) is 5.34. The molecule has 3 aromatic carbocycles. The second-order valence-electron chi connectivity index (χ2n) is 7.68. The van der Waals surface area contributed by atoms with Crippen molar-refractivity contribution in [3.05, 3.63) is 88.5 Å². The van der Waals surface area contributed by atoms with Crippen molar-refractivity contribution < 1.29 is 31.1 Å². The summed E-state index contributed by atoms with van der Waals surface area (Å²) in [5, 5.41) is 16.5. The highest BCUT2D eigenvalue weighted by Gasteiger charge is 2.36. The SMILES string of the molecule is O=C(/C=C/c1cc(C(F)(F)F)cc(C(F)(F)F)c1)Nc1ccc(-c2ccc(Cl)cc2)cc1-c1nnn[nH]1. The Bertz CT molecular complexity index is 1420. The third kappa shape index (κ3) is 6.33. The van der Waals surface area contributed by atoms with E-state index >= 15 is 0 Å². The average molecular weight is 538 g/mol. The first-order valence-electron chi connectivity index (χ1n) is 10.3. The molecule has 0 unspecified atom stereocenters. The molecule has 1 heterocycles. The zero-order chi connectivity index (χ0) is 26.8. The van der Waals surface area contributed by atoms with Crippen LogP contribution in [0.15, 0.2) is 66.7 Å². The van der Waals surface area contributed by atoms with Crippen LogP contribution in [0.25, 0.3) is 28.6 Å². The summed E-state index contributed by atoms with van der Waals surface area (Å²) in [6.07, 6.45) is -8.32. The summed E-state index contributed by atoms with van der Waals surface area (Å²) in [6.45, 7) is 0. The minimum atomic E-state index is -5.00. The minimum absolute atomic E-state index is 0.0113. The summed E-state index contributed by atoms with van der Waals surface area (Å²) in [6, 6.07) is 13.0. The Hall–Kier alpha value is -4.19. The van der Waals surface area contributed by atoms with Gasteiger partial charge in [0.15, 0.2) is 5.82 Å². The van der Waals surface area contributed by atoms with Crippen LogP contribution in [-0.2, 0) is 17.1 Å². The molecule has 0 fully saturated rings. The summed E-state index contributed by atoms with van der Waals surface area (Å²) in [5.41, 5.74) is -1.25. The molecule has 0 radical (unpaired) electrons. The number of anilines is 1. The Morgan fingerprint density at radius 2 is 1.49 bits per heavy atom. The topological polar surface area (TPSA) is 83.6 Å². The molecule has 190 valence electrons. The molecule has 4 rings (SSSR count). The fraction of sp³-hybridized carbons (Fsp3) is 0.0833. The van der Waals surface area contributed by atoms with E-state index in [0.29, 0.717) is 22.7 Å². The van der Waals surface area contributed by atoms with Gasteiger partial charge in [0.05, 0.1) is 16.8 Å². The van der Waals surface area contributed by atoms with E-state index in [4.69, 9.17) is 11.6 Å². The van der Waals surface area contributed by atoms with Gasteiger partial charge in [-0.1, -0.05) is 29.8 Å². The quantitative estimate of drug-likeness (QED) is 0.215. The van der Waals surface area contributed by atoms with Gasteiger partial charge in [-0.05, 0) is 75.7 Å². The molecule has 0 spiro atoms. The molecule has 13 heteroatoms. The van der Waals surface area contributed by atoms with Gasteiger partial charge in [0.25, 0.3) is 0 Å². The maximum atomic E-state index is 13.1. The fourth-order valence-corrected chi connectivity index (χ4v) is 3.49. The van der Waals surface area contributed by atoms with Gasteiger partial charge >= 0.3 is 12.4 Å². The van der Waals surface area contributed by atoms with E-state index in [9.17, 15) is 31.1 Å². The average Bonchev–Trinajstić information content (AvgIpc) is 3.37. The molecule has 0 atom stereocenters. The highest BCUT2D eigenvalue weighted by Crippen LogP contribution is 2.37. The van der Waals surface area contributed by atoms with E-state index in [1.807, 2.05) is 0 Å². The lowest BCUT2D eigenvalue weighted by Crippen LogP contribution is -2.11. The fourth-order valence-electron chi connectivity index (χ4n) is 3.37. The second kappa shape index (κ2) is 10.1. The van der Waals surface area contributed by atoms with E-state index < -0.39 is 35.0 Å². The molecule has 0 aliphatic rings. The first-order valence-corrected chi connectivity index (χ1v) is 10.7. The number of carbonyl (C=O) groups is 1. The number of H-pyrrole nitrogens is 1. The first kappa shape index (κ1) is 25.9. The van der Waals surface area contributed by atoms with Crippen molar-refractivity contribution in [3.63, 3.8) is 0 Å². The molecule has 0 bridgehead atoms. The Morgan fingerprint density at radius 3 is 2.05 bits per heavy atom. The summed E-state index contributed by atoms with van der Waals surface area (Å²) in [4.78, 5) is 12.5. The van der Waals surface area contributed by atoms with Gasteiger partial charge < -0.3 is 5.32 Å². The zero-order valence-electron chi connectivity index (χ0n) is 18.3. The molecular formula is C24H14ClF6N5O. The normalized spacial score (nSPS) is 12.2. The highest BCUT2D eigenvalue weighted by atomic mass is 35.5. The summed E-state index contributed by atoms with van der Waals surface area (Å²) >= 11 is 5.93. The number of nitrogens with one attached hydrogen (secondary N) is 2. The lowest BCUT2D eigenvalue weighted by atomic mass is 10.0. The van der Waals surface area contributed by atoms with E-state index in [-0.39, 0.29) is 17.6 Å². The highest BCUT2D eigenvalue weighted by molar-refractivity contribution is 6.30. The number of hydrogen-bond acceptors (Lipinski definition) is 4. The smallest absolute Gasteiger partial charge is 0.322 e. The van der Waals surface area contributed by atoms with E-state index in [2.05, 4.69) is 25.9 Å². The number of tetrazole rings is 1. The second-order valence-corrected chi connectivity index (χ2v) is 8.12. The van der Waals surface area contributed by atoms with Crippen LogP contribution in [0.1, 0.15) is 16.7 Å². The van der Waals surface area contributed by atoms with Crippen LogP contribution in [-0.4, -0.2) is 26.5 Å². The number of aromatic nitrogens is 4. The molecule has 2 N–H and O–H groups in total. The van der Waals surface area contributed by atoms with Crippen LogP contribution in [0.4, 0.5) is 32.0 Å². The summed E-state index contributed by atoms with van der Waals surface area (Å²) in [5.74, 6) is -0.596. The van der Waals surface area contributed by atoms with Crippen LogP contribution >= 0.6 is 11.6 Å². The molecule has 0 saturated carbocycles. The number of halogens is 7. The standard InChI is InChI=1S/C24H14ClF6N5O/c25-18-5-2-14(3-6-18)15-4-7-20(19(11-15)22-33-35-36-34-22)32-21(37)8-1-13-9-16(23(26,27)28)12-17(10-13)24(29,30)31/h1-12H,(H,32,37)(H,33,34,35,36)/b8-1+. The first-order chi connectivity index (χ1) is 17.4. The number of amides is 1. The van der Waals surface area contributed by atoms with Crippen LogP contribution in [0, 0.1) is 0 Å². The van der Waals surface area contributed by atoms with Gasteiger partial charge in [0, 0.05) is 16.7 Å². The van der Waals surface area contributed by atoms with Gasteiger partial charge in [0.2, 0.25) is 5.91 Å². The predicted molar refractivity (Wildman–Crippen MR) is 124 cm³/mol. The molecule has 1 amide bonds. The Kier molecular flexibility index (Phi) is 7.03. The number of aromatic amines is 1. The van der Waals surface area contributed by atoms with Gasteiger partial charge in [-0.25, -0.2) is 5.10 Å². The van der Waals surface area contributed by atoms with Crippen LogP contribution < -0.4 is 5.32 Å². The maximum absolute atomic E-state index is 13.1. The molecule has 1 aromatic heterocycles. The number of nitrogens with zero attached hydrogens (tertiary/aromatic N) is 3. The van der Waals surface area contributed by atoms with Crippen LogP contribution in [0.3, 0.4) is 0 Å². The monoisotopic (exact) mass is 537 g/mol. The lowest BCUT2D eigenvalue weighted by molar-refractivity contribution is -0.143. The molecule has 0 aliphatic heterocycles. The van der Waals surface area contributed by atoms with Crippen LogP contribution in [0.5, 0.6) is 0 Å². The molecular weight excluding hydrogens is 524 g/mol. The van der Waals surface area contributed by atoms with Gasteiger partial charge in [-0.3, -0.25) is 4.79 Å². The van der Waals surface area contributed by atoms with Crippen LogP contribution in [0.2, 0.25) is 5.02 Å². The van der Waals surface area contributed by atoms with Crippen molar-refractivity contribution in [1.29, 1.82) is 0 Å². The number of carbonyl (C=O) groups excluding carboxylic acids is 1. The molecule has 4 aromatic rings. The number of hydrogen-bond donors (Lipinski definition) is 2. The largest absolute Gasteiger partial charge is 0.416 e. The Labute approximate surface area is 210 Å². The zero-order valence-corrected chi connectivity index (χ0v) is 19.1. The predicted octanol–water partition coefficient (Wildman–Crippen LogP) is 6.88. The van der Waals surface area contributed by atoms with Crippen molar-refractivity contribution in [1.82, 2.24) is 20.6 Å². The summed E-state index contributed by atoms with van der Waals surface area (Å²) < 4.78 is 78.5. The minimum Gasteiger partial charge on any atom is -0.322 e. The molecule has 0 saturated heterocycles. The van der Waals surface area contributed by atoms with Gasteiger partial charge in [-0.2, -0.15) is 26.3 Å². The van der Waals surface area contributed by atoms with E-state index in [0.717, 1.165) is 23.3 Å². The maximum Gasteiger partial charge on any atom is 0.416 e. The molecule has 6 nitrogen and oxygen atoms in total. The number of rotatable bonds is 5. The van der Waals surface area contributed by atoms with Crippen molar-refractivity contribution in [2.45, 2.75) is 12.4 Å². The van der Waals surface area contributed by atoms with Crippen molar-refractivity contribution >= 4 is 29.3 Å². The summed E-state index contributed by atoms with van der Waals surface area (Å²) in [7, 11) is 0. The molecule has 37 heavy (non-hydrogen) atoms. The van der Waals surface area contributed by atoms with Gasteiger partial charge in [0.1, 0.15) is 0 Å². The Balaban J connectivity index is 1.63.